The second kappa shape index (κ2) is 7.18. The number of aromatic nitrogens is 1. The van der Waals surface area contributed by atoms with Crippen molar-refractivity contribution < 1.29 is 4.79 Å². The van der Waals surface area contributed by atoms with Crippen molar-refractivity contribution in [1.29, 1.82) is 0 Å². The Kier molecular flexibility index (Phi) is 4.77. The van der Waals surface area contributed by atoms with Crippen LogP contribution in [0, 0.1) is 0 Å². The van der Waals surface area contributed by atoms with E-state index in [-0.39, 0.29) is 5.91 Å². The van der Waals surface area contributed by atoms with Gasteiger partial charge >= 0.3 is 0 Å². The van der Waals surface area contributed by atoms with Gasteiger partial charge in [0.1, 0.15) is 0 Å². The van der Waals surface area contributed by atoms with Crippen molar-refractivity contribution in [1.82, 2.24) is 9.88 Å². The summed E-state index contributed by atoms with van der Waals surface area (Å²) < 4.78 is 1.25. The second-order valence-electron chi connectivity index (χ2n) is 6.32. The smallest absolute Gasteiger partial charge is 0.253 e. The predicted molar refractivity (Wildman–Crippen MR) is 106 cm³/mol. The molecule has 2 aromatic carbocycles. The number of likely N-dealkylation sites (tertiary alicyclic amines) is 1. The zero-order valence-corrected chi connectivity index (χ0v) is 15.8. The number of hydrogen-bond donors (Lipinski definition) is 0. The molecule has 4 rings (SSSR count). The molecular weight excluding hydrogens is 348 g/mol. The molecular formula is C20H20N2OS2. The molecule has 0 unspecified atom stereocenters. The predicted octanol–water partition coefficient (Wildman–Crippen LogP) is 5.04. The number of para-hydroxylation sites is 1. The Labute approximate surface area is 156 Å². The quantitative estimate of drug-likeness (QED) is 0.607. The summed E-state index contributed by atoms with van der Waals surface area (Å²) in [5.74, 6) is 0.623. The normalized spacial score (nSPS) is 15.6. The van der Waals surface area contributed by atoms with E-state index in [0.29, 0.717) is 5.92 Å². The number of amides is 1. The number of thioether (sulfide) groups is 1. The van der Waals surface area contributed by atoms with Crippen LogP contribution >= 0.6 is 23.1 Å². The van der Waals surface area contributed by atoms with Gasteiger partial charge in [-0.2, -0.15) is 0 Å². The van der Waals surface area contributed by atoms with Crippen LogP contribution in [0.25, 0.3) is 10.2 Å². The number of thiazole rings is 1. The van der Waals surface area contributed by atoms with E-state index in [1.54, 1.807) is 23.1 Å². The third kappa shape index (κ3) is 3.44. The van der Waals surface area contributed by atoms with Gasteiger partial charge in [-0.05, 0) is 49.4 Å². The van der Waals surface area contributed by atoms with Crippen molar-refractivity contribution >= 4 is 39.2 Å². The number of nitrogens with zero attached hydrogens (tertiary/aromatic N) is 2. The largest absolute Gasteiger partial charge is 0.339 e. The standard InChI is InChI=1S/C20H20N2OS2/c1-24-16-6-4-5-15(13-16)20(23)22-11-9-14(10-12-22)19-21-17-7-2-3-8-18(17)25-19/h2-8,13-14H,9-12H2,1H3. The van der Waals surface area contributed by atoms with E-state index in [2.05, 4.69) is 18.2 Å². The molecule has 25 heavy (non-hydrogen) atoms. The van der Waals surface area contributed by atoms with Crippen LogP contribution in [-0.4, -0.2) is 35.1 Å². The first-order valence-electron chi connectivity index (χ1n) is 8.53. The zero-order valence-electron chi connectivity index (χ0n) is 14.1. The number of piperidine rings is 1. The fourth-order valence-electron chi connectivity index (χ4n) is 3.33. The fraction of sp³-hybridized carbons (Fsp3) is 0.300. The van der Waals surface area contributed by atoms with Crippen LogP contribution in [0.4, 0.5) is 0 Å². The Balaban J connectivity index is 1.44. The van der Waals surface area contributed by atoms with Gasteiger partial charge in [-0.1, -0.05) is 18.2 Å². The van der Waals surface area contributed by atoms with Crippen LogP contribution in [-0.2, 0) is 0 Å². The fourth-order valence-corrected chi connectivity index (χ4v) is 4.93. The molecule has 0 bridgehead atoms. The number of carbonyl (C=O) groups excluding carboxylic acids is 1. The molecule has 2 heterocycles. The lowest BCUT2D eigenvalue weighted by Crippen LogP contribution is -2.37. The first-order valence-corrected chi connectivity index (χ1v) is 10.6. The summed E-state index contributed by atoms with van der Waals surface area (Å²) in [7, 11) is 0. The van der Waals surface area contributed by atoms with Crippen molar-refractivity contribution in [2.45, 2.75) is 23.7 Å². The van der Waals surface area contributed by atoms with Gasteiger partial charge in [0, 0.05) is 29.5 Å². The molecule has 0 N–H and O–H groups in total. The van der Waals surface area contributed by atoms with E-state index in [1.165, 1.54) is 9.71 Å². The van der Waals surface area contributed by atoms with E-state index >= 15 is 0 Å². The number of fused-ring (bicyclic) bond motifs is 1. The lowest BCUT2D eigenvalue weighted by molar-refractivity contribution is 0.0712. The molecule has 0 saturated carbocycles. The molecule has 1 aromatic heterocycles. The number of carbonyl (C=O) groups is 1. The average Bonchev–Trinajstić information content (AvgIpc) is 3.12. The summed E-state index contributed by atoms with van der Waals surface area (Å²) in [6.45, 7) is 1.62. The summed E-state index contributed by atoms with van der Waals surface area (Å²) in [5, 5.41) is 1.22. The molecule has 0 radical (unpaired) electrons. The molecule has 0 aliphatic carbocycles. The Morgan fingerprint density at radius 2 is 1.96 bits per heavy atom. The average molecular weight is 369 g/mol. The lowest BCUT2D eigenvalue weighted by atomic mass is 9.97. The highest BCUT2D eigenvalue weighted by Gasteiger charge is 2.26. The maximum absolute atomic E-state index is 12.8. The van der Waals surface area contributed by atoms with Gasteiger partial charge in [-0.25, -0.2) is 4.98 Å². The third-order valence-electron chi connectivity index (χ3n) is 4.76. The molecule has 0 spiro atoms. The van der Waals surface area contributed by atoms with E-state index < -0.39 is 0 Å². The minimum atomic E-state index is 0.152. The van der Waals surface area contributed by atoms with Gasteiger partial charge in [-0.15, -0.1) is 23.1 Å². The van der Waals surface area contributed by atoms with E-state index in [4.69, 9.17) is 4.98 Å². The SMILES string of the molecule is CSc1cccc(C(=O)N2CCC(c3nc4ccccc4s3)CC2)c1. The third-order valence-corrected chi connectivity index (χ3v) is 6.68. The lowest BCUT2D eigenvalue weighted by Gasteiger charge is -2.31. The highest BCUT2D eigenvalue weighted by Crippen LogP contribution is 2.34. The van der Waals surface area contributed by atoms with Crippen LogP contribution < -0.4 is 0 Å². The summed E-state index contributed by atoms with van der Waals surface area (Å²) >= 11 is 3.47. The van der Waals surface area contributed by atoms with E-state index in [9.17, 15) is 4.79 Å². The van der Waals surface area contributed by atoms with Gasteiger partial charge in [0.15, 0.2) is 0 Å². The summed E-state index contributed by atoms with van der Waals surface area (Å²) in [4.78, 5) is 20.7. The topological polar surface area (TPSA) is 33.2 Å². The zero-order chi connectivity index (χ0) is 17.2. The van der Waals surface area contributed by atoms with Crippen molar-refractivity contribution in [3.05, 3.63) is 59.1 Å². The van der Waals surface area contributed by atoms with Gasteiger partial charge in [-0.3, -0.25) is 4.79 Å². The Morgan fingerprint density at radius 3 is 2.72 bits per heavy atom. The molecule has 5 heteroatoms. The van der Waals surface area contributed by atoms with Crippen molar-refractivity contribution in [3.63, 3.8) is 0 Å². The van der Waals surface area contributed by atoms with E-state index in [0.717, 1.165) is 41.9 Å². The molecule has 1 amide bonds. The summed E-state index contributed by atoms with van der Waals surface area (Å²) in [5.41, 5.74) is 1.89. The molecule has 1 aliphatic heterocycles. The Hall–Kier alpha value is -1.85. The van der Waals surface area contributed by atoms with Crippen LogP contribution in [0.3, 0.4) is 0 Å². The van der Waals surface area contributed by atoms with Gasteiger partial charge in [0.25, 0.3) is 5.91 Å². The van der Waals surface area contributed by atoms with Crippen LogP contribution in [0.2, 0.25) is 0 Å². The first kappa shape index (κ1) is 16.6. The van der Waals surface area contributed by atoms with E-state index in [1.807, 2.05) is 41.5 Å². The maximum Gasteiger partial charge on any atom is 0.253 e. The minimum Gasteiger partial charge on any atom is -0.339 e. The molecule has 1 aliphatic rings. The van der Waals surface area contributed by atoms with Gasteiger partial charge in [0.05, 0.1) is 15.2 Å². The van der Waals surface area contributed by atoms with Crippen molar-refractivity contribution in [3.8, 4) is 0 Å². The van der Waals surface area contributed by atoms with Gasteiger partial charge in [0.2, 0.25) is 0 Å². The molecule has 0 atom stereocenters. The number of hydrogen-bond acceptors (Lipinski definition) is 4. The molecule has 3 nitrogen and oxygen atoms in total. The van der Waals surface area contributed by atoms with Crippen molar-refractivity contribution in [2.24, 2.45) is 0 Å². The minimum absolute atomic E-state index is 0.152. The van der Waals surface area contributed by atoms with Crippen LogP contribution in [0.1, 0.15) is 34.1 Å². The monoisotopic (exact) mass is 368 g/mol. The van der Waals surface area contributed by atoms with Crippen LogP contribution in [0.5, 0.6) is 0 Å². The summed E-state index contributed by atoms with van der Waals surface area (Å²) in [6.07, 6.45) is 4.02. The van der Waals surface area contributed by atoms with Crippen molar-refractivity contribution in [2.75, 3.05) is 19.3 Å². The first-order chi connectivity index (χ1) is 12.2. The van der Waals surface area contributed by atoms with Gasteiger partial charge < -0.3 is 4.90 Å². The maximum atomic E-state index is 12.8. The van der Waals surface area contributed by atoms with Crippen LogP contribution in [0.15, 0.2) is 53.4 Å². The number of benzene rings is 2. The Morgan fingerprint density at radius 1 is 1.16 bits per heavy atom. The molecule has 1 fully saturated rings. The Bertz CT molecular complexity index is 864. The molecule has 3 aromatic rings. The molecule has 1 saturated heterocycles. The highest BCUT2D eigenvalue weighted by atomic mass is 32.2. The second-order valence-corrected chi connectivity index (χ2v) is 8.26. The number of rotatable bonds is 3. The molecule has 128 valence electrons. The summed E-state index contributed by atoms with van der Waals surface area (Å²) in [6, 6.07) is 16.2. The highest BCUT2D eigenvalue weighted by molar-refractivity contribution is 7.98.